The molecule has 1 amide bonds. The quantitative estimate of drug-likeness (QED) is 0.194. The average Bonchev–Trinajstić information content (AvgIpc) is 2.88. The Morgan fingerprint density at radius 2 is 1.89 bits per heavy atom. The Morgan fingerprint density at radius 1 is 1.29 bits per heavy atom. The summed E-state index contributed by atoms with van der Waals surface area (Å²) in [7, 11) is 0. The Labute approximate surface area is 213 Å². The van der Waals surface area contributed by atoms with Crippen LogP contribution in [-0.4, -0.2) is 47.3 Å². The number of allylic oxidation sites excluding steroid dienone is 3. The Hall–Kier alpha value is -2.83. The Balaban J connectivity index is -0.00000207. The van der Waals surface area contributed by atoms with Gasteiger partial charge in [0, 0.05) is 38.2 Å². The van der Waals surface area contributed by atoms with Gasteiger partial charge in [0.2, 0.25) is 5.91 Å². The fraction of sp³-hybridized carbons (Fsp3) is 0.536. The second-order valence-corrected chi connectivity index (χ2v) is 7.42. The maximum Gasteiger partial charge on any atom is 0.303 e. The molecular formula is C28H48F2N4O. The van der Waals surface area contributed by atoms with Gasteiger partial charge in [0.25, 0.3) is 0 Å². The lowest BCUT2D eigenvalue weighted by Crippen LogP contribution is -2.39. The SMILES string of the molecule is C=CC(F)(F)C(C)=N/C=C(\CC)NC(C)C(=N/C=C\C)C1=CCN(C(=O)C(=C)C)CC1.CC.CC.[HH]. The van der Waals surface area contributed by atoms with Gasteiger partial charge in [-0.2, -0.15) is 8.78 Å². The molecule has 5 nitrogen and oxygen atoms in total. The highest BCUT2D eigenvalue weighted by Gasteiger charge is 2.28. The van der Waals surface area contributed by atoms with Crippen molar-refractivity contribution in [2.45, 2.75) is 87.1 Å². The van der Waals surface area contributed by atoms with Crippen LogP contribution in [0.1, 0.15) is 76.6 Å². The minimum Gasteiger partial charge on any atom is -0.379 e. The molecule has 1 heterocycles. The van der Waals surface area contributed by atoms with Gasteiger partial charge in [0.1, 0.15) is 0 Å². The number of alkyl halides is 2. The van der Waals surface area contributed by atoms with E-state index in [0.29, 0.717) is 37.6 Å². The molecule has 200 valence electrons. The summed E-state index contributed by atoms with van der Waals surface area (Å²) in [5, 5.41) is 3.33. The zero-order valence-corrected chi connectivity index (χ0v) is 23.2. The third kappa shape index (κ3) is 11.9. The molecule has 0 saturated heterocycles. The molecule has 1 aliphatic heterocycles. The summed E-state index contributed by atoms with van der Waals surface area (Å²) in [6, 6.07) is -0.174. The molecule has 0 saturated carbocycles. The minimum absolute atomic E-state index is 0. The second kappa shape index (κ2) is 18.5. The van der Waals surface area contributed by atoms with Crippen molar-refractivity contribution in [3.05, 3.63) is 60.6 Å². The van der Waals surface area contributed by atoms with Gasteiger partial charge in [0.05, 0.1) is 17.5 Å². The number of nitrogens with zero attached hydrogens (tertiary/aromatic N) is 3. The van der Waals surface area contributed by atoms with Crippen molar-refractivity contribution in [1.82, 2.24) is 10.2 Å². The third-order valence-corrected chi connectivity index (χ3v) is 4.90. The standard InChI is InChI=1S/C24H34F2N4O.2C2H6.H2/c1-8-13-27-22(20-11-14-30(15-12-20)23(31)17(4)5)18(6)29-21(9-2)16-28-19(7)24(25,26)10-3;2*1-2;/h8,10-11,13,16,18,29H,3-4,9,12,14-15H2,1-2,5-7H3;2*1-2H3;1H/b13-8-,21-16+,27-22?,28-19?;;;. The molecule has 1 atom stereocenters. The molecule has 0 radical (unpaired) electrons. The van der Waals surface area contributed by atoms with Crippen LogP contribution in [0.4, 0.5) is 8.78 Å². The van der Waals surface area contributed by atoms with Crippen molar-refractivity contribution in [3.63, 3.8) is 0 Å². The Bertz CT molecular complexity index is 842. The number of rotatable bonds is 10. The number of halogens is 2. The number of aliphatic imine (C=N–C) groups is 2. The molecule has 1 unspecified atom stereocenters. The predicted molar refractivity (Wildman–Crippen MR) is 150 cm³/mol. The van der Waals surface area contributed by atoms with Crippen molar-refractivity contribution < 1.29 is 15.0 Å². The molecule has 7 heteroatoms. The second-order valence-electron chi connectivity index (χ2n) is 7.42. The molecule has 0 aromatic rings. The molecule has 1 rings (SSSR count). The van der Waals surface area contributed by atoms with Crippen molar-refractivity contribution in [2.75, 3.05) is 13.1 Å². The number of nitrogens with one attached hydrogen (secondary N) is 1. The monoisotopic (exact) mass is 494 g/mol. The van der Waals surface area contributed by atoms with Crippen LogP contribution >= 0.6 is 0 Å². The zero-order valence-electron chi connectivity index (χ0n) is 23.2. The van der Waals surface area contributed by atoms with Crippen LogP contribution < -0.4 is 5.32 Å². The molecule has 1 aliphatic rings. The van der Waals surface area contributed by atoms with E-state index < -0.39 is 5.92 Å². The Morgan fingerprint density at radius 3 is 2.31 bits per heavy atom. The van der Waals surface area contributed by atoms with E-state index in [9.17, 15) is 13.6 Å². The molecule has 0 aromatic heterocycles. The Kier molecular flexibility index (Phi) is 18.1. The lowest BCUT2D eigenvalue weighted by atomic mass is 9.97. The van der Waals surface area contributed by atoms with Crippen LogP contribution in [0.25, 0.3) is 0 Å². The highest BCUT2D eigenvalue weighted by atomic mass is 19.3. The van der Waals surface area contributed by atoms with E-state index in [1.807, 2.05) is 60.6 Å². The number of hydrogen-bond donors (Lipinski definition) is 1. The lowest BCUT2D eigenvalue weighted by molar-refractivity contribution is -0.126. The molecule has 1 N–H and O–H groups in total. The predicted octanol–water partition coefficient (Wildman–Crippen LogP) is 7.51. The van der Waals surface area contributed by atoms with Gasteiger partial charge >= 0.3 is 5.92 Å². The van der Waals surface area contributed by atoms with Crippen molar-refractivity contribution >= 4 is 17.3 Å². The highest BCUT2D eigenvalue weighted by molar-refractivity contribution is 6.04. The van der Waals surface area contributed by atoms with Crippen LogP contribution in [0.15, 0.2) is 70.6 Å². The molecule has 0 bridgehead atoms. The van der Waals surface area contributed by atoms with Gasteiger partial charge in [-0.3, -0.25) is 14.8 Å². The summed E-state index contributed by atoms with van der Waals surface area (Å²) in [5.74, 6) is -3.19. The van der Waals surface area contributed by atoms with E-state index in [4.69, 9.17) is 0 Å². The smallest absolute Gasteiger partial charge is 0.303 e. The fourth-order valence-corrected chi connectivity index (χ4v) is 2.97. The van der Waals surface area contributed by atoms with E-state index in [1.165, 1.54) is 13.1 Å². The van der Waals surface area contributed by atoms with Crippen LogP contribution in [0, 0.1) is 0 Å². The van der Waals surface area contributed by atoms with Gasteiger partial charge < -0.3 is 10.2 Å². The van der Waals surface area contributed by atoms with Gasteiger partial charge in [-0.25, -0.2) is 0 Å². The highest BCUT2D eigenvalue weighted by Crippen LogP contribution is 2.19. The maximum absolute atomic E-state index is 13.6. The normalized spacial score (nSPS) is 15.8. The van der Waals surface area contributed by atoms with Crippen molar-refractivity contribution in [2.24, 2.45) is 9.98 Å². The van der Waals surface area contributed by atoms with Crippen LogP contribution in [0.5, 0.6) is 0 Å². The molecule has 0 spiro atoms. The first kappa shape index (κ1) is 34.3. The molecular weight excluding hydrogens is 446 g/mol. The topological polar surface area (TPSA) is 57.1 Å². The average molecular weight is 495 g/mol. The maximum atomic E-state index is 13.6. The van der Waals surface area contributed by atoms with Gasteiger partial charge in [-0.05, 0) is 52.2 Å². The summed E-state index contributed by atoms with van der Waals surface area (Å²) < 4.78 is 27.3. The molecule has 0 fully saturated rings. The van der Waals surface area contributed by atoms with Crippen LogP contribution in [0.2, 0.25) is 0 Å². The van der Waals surface area contributed by atoms with E-state index in [0.717, 1.165) is 17.0 Å². The number of amides is 1. The largest absolute Gasteiger partial charge is 0.379 e. The number of carbonyl (C=O) groups is 1. The van der Waals surface area contributed by atoms with E-state index >= 15 is 0 Å². The fourth-order valence-electron chi connectivity index (χ4n) is 2.97. The minimum atomic E-state index is -3.14. The van der Waals surface area contributed by atoms with Gasteiger partial charge in [0.15, 0.2) is 0 Å². The third-order valence-electron chi connectivity index (χ3n) is 4.90. The first-order chi connectivity index (χ1) is 16.6. The van der Waals surface area contributed by atoms with Gasteiger partial charge in [-0.15, -0.1) is 0 Å². The van der Waals surface area contributed by atoms with Crippen molar-refractivity contribution in [1.29, 1.82) is 0 Å². The summed E-state index contributed by atoms with van der Waals surface area (Å²) in [6.07, 6.45) is 8.86. The van der Waals surface area contributed by atoms with Crippen LogP contribution in [0.3, 0.4) is 0 Å². The van der Waals surface area contributed by atoms with E-state index in [2.05, 4.69) is 28.5 Å². The number of carbonyl (C=O) groups excluding carboxylic acids is 1. The summed E-state index contributed by atoms with van der Waals surface area (Å²) >= 11 is 0. The van der Waals surface area contributed by atoms with E-state index in [-0.39, 0.29) is 19.1 Å². The van der Waals surface area contributed by atoms with Gasteiger partial charge in [-0.1, -0.05) is 59.9 Å². The number of hydrogen-bond acceptors (Lipinski definition) is 4. The first-order valence-corrected chi connectivity index (χ1v) is 12.4. The van der Waals surface area contributed by atoms with Crippen molar-refractivity contribution in [3.8, 4) is 0 Å². The summed E-state index contributed by atoms with van der Waals surface area (Å²) in [4.78, 5) is 22.4. The summed E-state index contributed by atoms with van der Waals surface area (Å²) in [6.45, 7) is 24.7. The van der Waals surface area contributed by atoms with E-state index in [1.54, 1.807) is 18.0 Å². The van der Waals surface area contributed by atoms with Crippen LogP contribution in [-0.2, 0) is 4.79 Å². The zero-order chi connectivity index (χ0) is 27.6. The molecule has 35 heavy (non-hydrogen) atoms. The summed E-state index contributed by atoms with van der Waals surface area (Å²) in [5.41, 5.74) is 2.82. The molecule has 0 aliphatic carbocycles. The first-order valence-electron chi connectivity index (χ1n) is 12.4. The molecule has 0 aromatic carbocycles. The lowest BCUT2D eigenvalue weighted by Gasteiger charge is -2.29.